The molecule has 3 nitrogen and oxygen atoms in total. The number of nitrogens with two attached hydrogens (primary N) is 2. The van der Waals surface area contributed by atoms with Crippen molar-refractivity contribution in [2.45, 2.75) is 0 Å². The van der Waals surface area contributed by atoms with Crippen LogP contribution in [0.15, 0.2) is 36.5 Å². The van der Waals surface area contributed by atoms with Gasteiger partial charge < -0.3 is 11.5 Å². The lowest BCUT2D eigenvalue weighted by Gasteiger charge is -2.04. The van der Waals surface area contributed by atoms with Crippen LogP contribution in [0, 0.1) is 5.82 Å². The summed E-state index contributed by atoms with van der Waals surface area (Å²) in [6.45, 7) is 0. The second-order valence-electron chi connectivity index (χ2n) is 3.21. The number of hydrogen-bond donors (Lipinski definition) is 2. The Kier molecular flexibility index (Phi) is 2.25. The molecule has 0 saturated heterocycles. The Labute approximate surface area is 86.6 Å². The molecule has 0 spiro atoms. The molecule has 1 aromatic carbocycles. The highest BCUT2D eigenvalue weighted by Gasteiger charge is 2.02. The van der Waals surface area contributed by atoms with Crippen LogP contribution >= 0.6 is 0 Å². The molecule has 4 heteroatoms. The SMILES string of the molecule is Nc1cc(-c2cccc(F)c2)cnc1N. The molecule has 0 radical (unpaired) electrons. The third-order valence-electron chi connectivity index (χ3n) is 2.11. The van der Waals surface area contributed by atoms with Crippen molar-refractivity contribution in [2.75, 3.05) is 11.5 Å². The van der Waals surface area contributed by atoms with Gasteiger partial charge in [0.25, 0.3) is 0 Å². The number of benzene rings is 1. The van der Waals surface area contributed by atoms with Gasteiger partial charge in [-0.05, 0) is 23.8 Å². The summed E-state index contributed by atoms with van der Waals surface area (Å²) in [5.74, 6) is -0.00181. The Hall–Kier alpha value is -2.10. The molecular formula is C11H10FN3. The van der Waals surface area contributed by atoms with Gasteiger partial charge in [-0.3, -0.25) is 0 Å². The molecule has 1 aromatic heterocycles. The Morgan fingerprint density at radius 3 is 2.53 bits per heavy atom. The molecule has 0 aliphatic carbocycles. The van der Waals surface area contributed by atoms with Gasteiger partial charge >= 0.3 is 0 Å². The van der Waals surface area contributed by atoms with Gasteiger partial charge in [-0.15, -0.1) is 0 Å². The van der Waals surface area contributed by atoms with E-state index in [2.05, 4.69) is 4.98 Å². The largest absolute Gasteiger partial charge is 0.396 e. The van der Waals surface area contributed by atoms with Gasteiger partial charge in [-0.1, -0.05) is 12.1 Å². The van der Waals surface area contributed by atoms with Crippen LogP contribution in [0.5, 0.6) is 0 Å². The highest BCUT2D eigenvalue weighted by Crippen LogP contribution is 2.23. The molecule has 2 aromatic rings. The van der Waals surface area contributed by atoms with Crippen LogP contribution in [0.3, 0.4) is 0 Å². The van der Waals surface area contributed by atoms with E-state index in [-0.39, 0.29) is 11.6 Å². The van der Waals surface area contributed by atoms with Crippen LogP contribution in [-0.4, -0.2) is 4.98 Å². The van der Waals surface area contributed by atoms with Crippen LogP contribution < -0.4 is 11.5 Å². The summed E-state index contributed by atoms with van der Waals surface area (Å²) in [6.07, 6.45) is 1.57. The first-order chi connectivity index (χ1) is 7.16. The van der Waals surface area contributed by atoms with Crippen LogP contribution in [0.4, 0.5) is 15.9 Å². The van der Waals surface area contributed by atoms with Crippen molar-refractivity contribution in [1.82, 2.24) is 4.98 Å². The molecular weight excluding hydrogens is 193 g/mol. The maximum atomic E-state index is 13.0. The molecule has 2 rings (SSSR count). The van der Waals surface area contributed by atoms with E-state index in [0.29, 0.717) is 5.69 Å². The topological polar surface area (TPSA) is 64.9 Å². The number of aromatic nitrogens is 1. The minimum absolute atomic E-state index is 0.287. The molecule has 0 aliphatic rings. The average Bonchev–Trinajstić information content (AvgIpc) is 2.22. The van der Waals surface area contributed by atoms with E-state index in [1.54, 1.807) is 24.4 Å². The molecule has 0 fully saturated rings. The van der Waals surface area contributed by atoms with Crippen molar-refractivity contribution >= 4 is 11.5 Å². The van der Waals surface area contributed by atoms with E-state index in [1.165, 1.54) is 12.1 Å². The zero-order chi connectivity index (χ0) is 10.8. The number of halogens is 1. The fourth-order valence-corrected chi connectivity index (χ4v) is 1.32. The zero-order valence-electron chi connectivity index (χ0n) is 7.94. The van der Waals surface area contributed by atoms with Crippen molar-refractivity contribution in [3.8, 4) is 11.1 Å². The van der Waals surface area contributed by atoms with Crippen molar-refractivity contribution in [3.05, 3.63) is 42.3 Å². The number of rotatable bonds is 1. The first-order valence-electron chi connectivity index (χ1n) is 4.44. The van der Waals surface area contributed by atoms with Gasteiger partial charge in [0.1, 0.15) is 11.6 Å². The van der Waals surface area contributed by atoms with Crippen LogP contribution in [-0.2, 0) is 0 Å². The minimum atomic E-state index is -0.289. The summed E-state index contributed by atoms with van der Waals surface area (Å²) < 4.78 is 13.0. The quantitative estimate of drug-likeness (QED) is 0.745. The average molecular weight is 203 g/mol. The second-order valence-corrected chi connectivity index (χ2v) is 3.21. The fraction of sp³-hybridized carbons (Fsp3) is 0. The Bertz CT molecular complexity index is 497. The van der Waals surface area contributed by atoms with E-state index in [9.17, 15) is 4.39 Å². The Balaban J connectivity index is 2.50. The summed E-state index contributed by atoms with van der Waals surface area (Å²) in [5.41, 5.74) is 13.0. The van der Waals surface area contributed by atoms with E-state index < -0.39 is 0 Å². The summed E-state index contributed by atoms with van der Waals surface area (Å²) >= 11 is 0. The van der Waals surface area contributed by atoms with Crippen molar-refractivity contribution < 1.29 is 4.39 Å². The number of nitrogen functional groups attached to an aromatic ring is 2. The zero-order valence-corrected chi connectivity index (χ0v) is 7.94. The van der Waals surface area contributed by atoms with Gasteiger partial charge in [-0.25, -0.2) is 9.37 Å². The summed E-state index contributed by atoms with van der Waals surface area (Å²) in [6, 6.07) is 7.91. The van der Waals surface area contributed by atoms with Crippen molar-refractivity contribution in [3.63, 3.8) is 0 Å². The Morgan fingerprint density at radius 2 is 1.87 bits per heavy atom. The monoisotopic (exact) mass is 203 g/mol. The lowest BCUT2D eigenvalue weighted by atomic mass is 10.1. The van der Waals surface area contributed by atoms with Gasteiger partial charge in [0.15, 0.2) is 0 Å². The summed E-state index contributed by atoms with van der Waals surface area (Å²) in [5, 5.41) is 0. The maximum absolute atomic E-state index is 13.0. The maximum Gasteiger partial charge on any atom is 0.146 e. The van der Waals surface area contributed by atoms with E-state index in [0.717, 1.165) is 11.1 Å². The summed E-state index contributed by atoms with van der Waals surface area (Å²) in [7, 11) is 0. The third-order valence-corrected chi connectivity index (χ3v) is 2.11. The molecule has 0 unspecified atom stereocenters. The molecule has 0 atom stereocenters. The molecule has 0 aliphatic heterocycles. The molecule has 0 bridgehead atoms. The molecule has 15 heavy (non-hydrogen) atoms. The predicted octanol–water partition coefficient (Wildman–Crippen LogP) is 2.05. The second kappa shape index (κ2) is 3.57. The van der Waals surface area contributed by atoms with Crippen LogP contribution in [0.2, 0.25) is 0 Å². The summed E-state index contributed by atoms with van der Waals surface area (Å²) in [4.78, 5) is 3.92. The molecule has 0 amide bonds. The van der Waals surface area contributed by atoms with Gasteiger partial charge in [-0.2, -0.15) is 0 Å². The number of pyridine rings is 1. The molecule has 4 N–H and O–H groups in total. The minimum Gasteiger partial charge on any atom is -0.396 e. The van der Waals surface area contributed by atoms with Crippen molar-refractivity contribution in [1.29, 1.82) is 0 Å². The normalized spacial score (nSPS) is 10.2. The highest BCUT2D eigenvalue weighted by atomic mass is 19.1. The molecule has 1 heterocycles. The number of hydrogen-bond acceptors (Lipinski definition) is 3. The smallest absolute Gasteiger partial charge is 0.146 e. The van der Waals surface area contributed by atoms with Gasteiger partial charge in [0.05, 0.1) is 5.69 Å². The number of nitrogens with zero attached hydrogens (tertiary/aromatic N) is 1. The van der Waals surface area contributed by atoms with E-state index in [4.69, 9.17) is 11.5 Å². The van der Waals surface area contributed by atoms with E-state index in [1.807, 2.05) is 0 Å². The predicted molar refractivity (Wildman–Crippen MR) is 58.5 cm³/mol. The lowest BCUT2D eigenvalue weighted by Crippen LogP contribution is -1.97. The molecule has 76 valence electrons. The van der Waals surface area contributed by atoms with Gasteiger partial charge in [0.2, 0.25) is 0 Å². The van der Waals surface area contributed by atoms with E-state index >= 15 is 0 Å². The first kappa shape index (κ1) is 9.45. The molecule has 0 saturated carbocycles. The third kappa shape index (κ3) is 1.88. The number of anilines is 2. The highest BCUT2D eigenvalue weighted by molar-refractivity contribution is 5.71. The first-order valence-corrected chi connectivity index (χ1v) is 4.44. The van der Waals surface area contributed by atoms with Crippen LogP contribution in [0.25, 0.3) is 11.1 Å². The lowest BCUT2D eigenvalue weighted by molar-refractivity contribution is 0.628. The van der Waals surface area contributed by atoms with Crippen LogP contribution in [0.1, 0.15) is 0 Å². The fourth-order valence-electron chi connectivity index (χ4n) is 1.32. The van der Waals surface area contributed by atoms with Gasteiger partial charge in [0, 0.05) is 11.8 Å². The van der Waals surface area contributed by atoms with Crippen molar-refractivity contribution in [2.24, 2.45) is 0 Å². The Morgan fingerprint density at radius 1 is 1.07 bits per heavy atom. The standard InChI is InChI=1S/C11H10FN3/c12-9-3-1-2-7(4-9)8-5-10(13)11(14)15-6-8/h1-6H,13H2,(H2,14,15).